The molecule has 2 aromatic rings. The topological polar surface area (TPSA) is 32.8 Å². The molecule has 0 radical (unpaired) electrons. The van der Waals surface area contributed by atoms with E-state index in [4.69, 9.17) is 4.74 Å². The lowest BCUT2D eigenvalue weighted by Crippen LogP contribution is -2.49. The number of hydrogen-bond acceptors (Lipinski definition) is 3. The zero-order chi connectivity index (χ0) is 18.6. The molecular weight excluding hydrogens is 324 g/mol. The maximum atomic E-state index is 12.8. The molecule has 3 rings (SSSR count). The van der Waals surface area contributed by atoms with Crippen LogP contribution in [-0.4, -0.2) is 44.1 Å². The Morgan fingerprint density at radius 1 is 0.962 bits per heavy atom. The molecule has 1 heterocycles. The smallest absolute Gasteiger partial charge is 0.223 e. The maximum absolute atomic E-state index is 12.8. The Hall–Kier alpha value is -2.49. The van der Waals surface area contributed by atoms with Crippen LogP contribution in [0, 0.1) is 0 Å². The first-order valence-electron chi connectivity index (χ1n) is 9.22. The van der Waals surface area contributed by atoms with Crippen LogP contribution in [0.1, 0.15) is 25.8 Å². The zero-order valence-electron chi connectivity index (χ0n) is 15.9. The largest absolute Gasteiger partial charge is 0.497 e. The molecule has 26 heavy (non-hydrogen) atoms. The molecule has 1 fully saturated rings. The number of hydrogen-bond donors (Lipinski definition) is 0. The van der Waals surface area contributed by atoms with Gasteiger partial charge in [-0.3, -0.25) is 4.79 Å². The first-order valence-corrected chi connectivity index (χ1v) is 9.22. The second kappa shape index (κ2) is 7.81. The minimum atomic E-state index is -0.147. The van der Waals surface area contributed by atoms with Gasteiger partial charge in [-0.15, -0.1) is 0 Å². The number of anilines is 1. The van der Waals surface area contributed by atoms with Crippen molar-refractivity contribution in [3.8, 4) is 5.75 Å². The van der Waals surface area contributed by atoms with E-state index in [0.29, 0.717) is 6.42 Å². The van der Waals surface area contributed by atoms with Crippen molar-refractivity contribution >= 4 is 11.6 Å². The van der Waals surface area contributed by atoms with Gasteiger partial charge in [-0.05, 0) is 35.2 Å². The molecule has 1 aliphatic heterocycles. The summed E-state index contributed by atoms with van der Waals surface area (Å²) < 4.78 is 5.22. The Morgan fingerprint density at radius 2 is 1.58 bits per heavy atom. The monoisotopic (exact) mass is 352 g/mol. The number of benzene rings is 2. The van der Waals surface area contributed by atoms with E-state index >= 15 is 0 Å². The van der Waals surface area contributed by atoms with Gasteiger partial charge >= 0.3 is 0 Å². The summed E-state index contributed by atoms with van der Waals surface area (Å²) in [6.07, 6.45) is 0.541. The Labute approximate surface area is 156 Å². The average molecular weight is 352 g/mol. The van der Waals surface area contributed by atoms with Crippen molar-refractivity contribution in [3.05, 3.63) is 60.2 Å². The molecule has 0 atom stereocenters. The average Bonchev–Trinajstić information content (AvgIpc) is 2.68. The third-order valence-electron chi connectivity index (χ3n) is 5.22. The van der Waals surface area contributed by atoms with Crippen LogP contribution in [-0.2, 0) is 10.2 Å². The Morgan fingerprint density at radius 3 is 2.15 bits per heavy atom. The highest BCUT2D eigenvalue weighted by Crippen LogP contribution is 2.28. The van der Waals surface area contributed by atoms with Crippen LogP contribution < -0.4 is 9.64 Å². The number of methoxy groups -OCH3 is 1. The zero-order valence-corrected chi connectivity index (χ0v) is 15.9. The van der Waals surface area contributed by atoms with E-state index < -0.39 is 0 Å². The van der Waals surface area contributed by atoms with E-state index in [0.717, 1.165) is 31.9 Å². The van der Waals surface area contributed by atoms with E-state index in [-0.39, 0.29) is 11.3 Å². The highest BCUT2D eigenvalue weighted by Gasteiger charge is 2.28. The summed E-state index contributed by atoms with van der Waals surface area (Å²) in [4.78, 5) is 17.1. The number of amides is 1. The lowest BCUT2D eigenvalue weighted by Gasteiger charge is -2.37. The first kappa shape index (κ1) is 18.3. The summed E-state index contributed by atoms with van der Waals surface area (Å²) in [5.74, 6) is 1.11. The summed E-state index contributed by atoms with van der Waals surface area (Å²) in [6, 6.07) is 18.4. The molecule has 1 aliphatic rings. The fraction of sp³-hybridized carbons (Fsp3) is 0.409. The van der Waals surface area contributed by atoms with Crippen molar-refractivity contribution in [2.45, 2.75) is 25.7 Å². The fourth-order valence-electron chi connectivity index (χ4n) is 3.49. The van der Waals surface area contributed by atoms with Gasteiger partial charge in [-0.1, -0.05) is 44.2 Å². The molecule has 0 aromatic heterocycles. The lowest BCUT2D eigenvalue weighted by molar-refractivity contribution is -0.132. The van der Waals surface area contributed by atoms with E-state index in [1.165, 1.54) is 11.3 Å². The lowest BCUT2D eigenvalue weighted by atomic mass is 9.81. The van der Waals surface area contributed by atoms with Gasteiger partial charge in [0.05, 0.1) is 7.11 Å². The molecule has 0 bridgehead atoms. The van der Waals surface area contributed by atoms with Crippen LogP contribution in [0.5, 0.6) is 5.75 Å². The Bertz CT molecular complexity index is 718. The van der Waals surface area contributed by atoms with Gasteiger partial charge in [0.2, 0.25) is 5.91 Å². The van der Waals surface area contributed by atoms with Crippen molar-refractivity contribution in [2.75, 3.05) is 38.2 Å². The van der Waals surface area contributed by atoms with Gasteiger partial charge < -0.3 is 14.5 Å². The van der Waals surface area contributed by atoms with Gasteiger partial charge in [0.1, 0.15) is 5.75 Å². The number of piperazine rings is 1. The molecular formula is C22H28N2O2. The summed E-state index contributed by atoms with van der Waals surface area (Å²) in [6.45, 7) is 7.57. The van der Waals surface area contributed by atoms with Crippen molar-refractivity contribution in [1.82, 2.24) is 4.90 Å². The van der Waals surface area contributed by atoms with E-state index in [1.54, 1.807) is 7.11 Å². The third kappa shape index (κ3) is 4.18. The van der Waals surface area contributed by atoms with Gasteiger partial charge in [0.25, 0.3) is 0 Å². The summed E-state index contributed by atoms with van der Waals surface area (Å²) in [5, 5.41) is 0. The van der Waals surface area contributed by atoms with Crippen LogP contribution in [0.15, 0.2) is 54.6 Å². The molecule has 2 aromatic carbocycles. The molecule has 1 amide bonds. The van der Waals surface area contributed by atoms with Crippen molar-refractivity contribution in [2.24, 2.45) is 0 Å². The number of carbonyl (C=O) groups is 1. The second-order valence-electron chi connectivity index (χ2n) is 7.49. The molecule has 0 aliphatic carbocycles. The Kier molecular flexibility index (Phi) is 5.50. The first-order chi connectivity index (χ1) is 12.5. The normalized spacial score (nSPS) is 15.0. The predicted octanol–water partition coefficient (Wildman–Crippen LogP) is 3.71. The maximum Gasteiger partial charge on any atom is 0.223 e. The van der Waals surface area contributed by atoms with Crippen LogP contribution in [0.25, 0.3) is 0 Å². The number of ether oxygens (including phenoxy) is 1. The summed E-state index contributed by atoms with van der Waals surface area (Å²) in [7, 11) is 1.68. The fourth-order valence-corrected chi connectivity index (χ4v) is 3.49. The van der Waals surface area contributed by atoms with Crippen molar-refractivity contribution < 1.29 is 9.53 Å². The van der Waals surface area contributed by atoms with E-state index in [1.807, 2.05) is 35.2 Å². The van der Waals surface area contributed by atoms with E-state index in [9.17, 15) is 4.79 Å². The molecule has 138 valence electrons. The summed E-state index contributed by atoms with van der Waals surface area (Å²) in [5.41, 5.74) is 2.25. The van der Waals surface area contributed by atoms with Gasteiger partial charge in [-0.2, -0.15) is 0 Å². The number of carbonyl (C=O) groups excluding carboxylic acids is 1. The minimum Gasteiger partial charge on any atom is -0.497 e. The van der Waals surface area contributed by atoms with Gasteiger partial charge in [0.15, 0.2) is 0 Å². The van der Waals surface area contributed by atoms with Gasteiger partial charge in [0, 0.05) is 38.3 Å². The van der Waals surface area contributed by atoms with Crippen molar-refractivity contribution in [1.29, 1.82) is 0 Å². The molecule has 4 nitrogen and oxygen atoms in total. The summed E-state index contributed by atoms with van der Waals surface area (Å²) >= 11 is 0. The highest BCUT2D eigenvalue weighted by molar-refractivity contribution is 5.78. The Balaban J connectivity index is 1.56. The van der Waals surface area contributed by atoms with Crippen LogP contribution >= 0.6 is 0 Å². The molecule has 0 saturated carbocycles. The highest BCUT2D eigenvalue weighted by atomic mass is 16.5. The third-order valence-corrected chi connectivity index (χ3v) is 5.22. The van der Waals surface area contributed by atoms with Crippen molar-refractivity contribution in [3.63, 3.8) is 0 Å². The van der Waals surface area contributed by atoms with Crippen LogP contribution in [0.3, 0.4) is 0 Å². The predicted molar refractivity (Wildman–Crippen MR) is 106 cm³/mol. The molecule has 0 spiro atoms. The molecule has 0 N–H and O–H groups in total. The van der Waals surface area contributed by atoms with Crippen LogP contribution in [0.4, 0.5) is 5.69 Å². The minimum absolute atomic E-state index is 0.147. The van der Waals surface area contributed by atoms with E-state index in [2.05, 4.69) is 43.0 Å². The number of rotatable bonds is 5. The van der Waals surface area contributed by atoms with Crippen LogP contribution in [0.2, 0.25) is 0 Å². The number of nitrogens with zero attached hydrogens (tertiary/aromatic N) is 2. The molecule has 4 heteroatoms. The second-order valence-corrected chi connectivity index (χ2v) is 7.49. The molecule has 1 saturated heterocycles. The standard InChI is InChI=1S/C22H28N2O2/c1-22(2,18-7-5-4-6-8-18)17-21(25)24-15-13-23(14-16-24)19-9-11-20(26-3)12-10-19/h4-12H,13-17H2,1-3H3. The van der Waals surface area contributed by atoms with Gasteiger partial charge in [-0.25, -0.2) is 0 Å². The SMILES string of the molecule is COc1ccc(N2CCN(C(=O)CC(C)(C)c3ccccc3)CC2)cc1. The quantitative estimate of drug-likeness (QED) is 0.822. The molecule has 0 unspecified atom stereocenters.